The smallest absolute Gasteiger partial charge is 0.127 e. The highest BCUT2D eigenvalue weighted by atomic mass is 16.5. The molecule has 0 aromatic rings. The Hall–Kier alpha value is -0.590. The Bertz CT molecular complexity index is 198. The van der Waals surface area contributed by atoms with E-state index in [-0.39, 0.29) is 6.10 Å². The summed E-state index contributed by atoms with van der Waals surface area (Å²) in [4.78, 5) is 0. The van der Waals surface area contributed by atoms with E-state index in [0.29, 0.717) is 12.5 Å². The molecular weight excluding hydrogens is 176 g/mol. The number of hydrogen-bond acceptors (Lipinski definition) is 3. The first-order valence-corrected chi connectivity index (χ1v) is 5.23. The molecule has 0 aliphatic rings. The molecule has 2 unspecified atom stereocenters. The molecule has 0 saturated heterocycles. The number of likely N-dealkylation sites (N-methyl/N-ethyl adjacent to an activating group) is 1. The number of hydrogen-bond donors (Lipinski definition) is 1. The molecule has 0 bridgehead atoms. The van der Waals surface area contributed by atoms with Crippen molar-refractivity contribution in [3.8, 4) is 6.07 Å². The minimum Gasteiger partial charge on any atom is -0.375 e. The van der Waals surface area contributed by atoms with Crippen LogP contribution in [0.15, 0.2) is 0 Å². The molecule has 2 atom stereocenters. The van der Waals surface area contributed by atoms with Crippen molar-refractivity contribution in [2.24, 2.45) is 5.92 Å². The van der Waals surface area contributed by atoms with Crippen LogP contribution in [-0.2, 0) is 4.74 Å². The highest BCUT2D eigenvalue weighted by molar-refractivity contribution is 5.03. The molecule has 0 rings (SSSR count). The average molecular weight is 198 g/mol. The summed E-state index contributed by atoms with van der Waals surface area (Å²) in [5.41, 5.74) is -0.558. The lowest BCUT2D eigenvalue weighted by molar-refractivity contribution is 0.0125. The third-order valence-corrected chi connectivity index (χ3v) is 2.39. The van der Waals surface area contributed by atoms with Gasteiger partial charge in [0.05, 0.1) is 18.8 Å². The van der Waals surface area contributed by atoms with Crippen LogP contribution >= 0.6 is 0 Å². The van der Waals surface area contributed by atoms with Crippen molar-refractivity contribution in [1.29, 1.82) is 5.26 Å². The molecule has 0 fully saturated rings. The molecule has 0 saturated carbocycles. The van der Waals surface area contributed by atoms with Gasteiger partial charge in [-0.3, -0.25) is 5.32 Å². The fraction of sp³-hybridized carbons (Fsp3) is 0.909. The Kier molecular flexibility index (Phi) is 5.75. The van der Waals surface area contributed by atoms with Gasteiger partial charge in [-0.15, -0.1) is 0 Å². The third kappa shape index (κ3) is 4.59. The fourth-order valence-electron chi connectivity index (χ4n) is 1.00. The zero-order valence-electron chi connectivity index (χ0n) is 9.92. The molecule has 0 aromatic heterocycles. The Morgan fingerprint density at radius 2 is 2.00 bits per heavy atom. The maximum atomic E-state index is 8.98. The standard InChI is InChI=1S/C11H22N2O/c1-6-13-11(5,7-12)8-14-10(4)9(2)3/h9-10,13H,6,8H2,1-5H3. The van der Waals surface area contributed by atoms with Crippen LogP contribution in [0, 0.1) is 17.2 Å². The Balaban J connectivity index is 4.02. The van der Waals surface area contributed by atoms with Crippen molar-refractivity contribution < 1.29 is 4.74 Å². The Morgan fingerprint density at radius 3 is 2.36 bits per heavy atom. The average Bonchev–Trinajstić information content (AvgIpc) is 2.14. The van der Waals surface area contributed by atoms with E-state index < -0.39 is 5.54 Å². The molecule has 0 radical (unpaired) electrons. The summed E-state index contributed by atoms with van der Waals surface area (Å²) in [5.74, 6) is 0.486. The highest BCUT2D eigenvalue weighted by Crippen LogP contribution is 2.09. The maximum absolute atomic E-state index is 8.98. The summed E-state index contributed by atoms with van der Waals surface area (Å²) in [5, 5.41) is 12.1. The van der Waals surface area contributed by atoms with Crippen LogP contribution < -0.4 is 5.32 Å². The number of nitrogens with one attached hydrogen (secondary N) is 1. The van der Waals surface area contributed by atoms with Gasteiger partial charge in [0, 0.05) is 0 Å². The summed E-state index contributed by atoms with van der Waals surface area (Å²) < 4.78 is 5.63. The van der Waals surface area contributed by atoms with Gasteiger partial charge in [-0.05, 0) is 26.3 Å². The van der Waals surface area contributed by atoms with Crippen LogP contribution in [-0.4, -0.2) is 24.8 Å². The molecule has 0 spiro atoms. The molecule has 3 heteroatoms. The van der Waals surface area contributed by atoms with Crippen LogP contribution in [0.25, 0.3) is 0 Å². The summed E-state index contributed by atoms with van der Waals surface area (Å²) >= 11 is 0. The van der Waals surface area contributed by atoms with Gasteiger partial charge in [-0.25, -0.2) is 0 Å². The lowest BCUT2D eigenvalue weighted by Gasteiger charge is -2.25. The fourth-order valence-corrected chi connectivity index (χ4v) is 1.00. The molecule has 14 heavy (non-hydrogen) atoms. The SMILES string of the molecule is CCNC(C)(C#N)COC(C)C(C)C. The predicted octanol–water partition coefficient (Wildman–Crippen LogP) is 1.94. The van der Waals surface area contributed by atoms with Gasteiger partial charge in [0.15, 0.2) is 0 Å². The van der Waals surface area contributed by atoms with E-state index in [9.17, 15) is 0 Å². The van der Waals surface area contributed by atoms with Crippen LogP contribution in [0.1, 0.15) is 34.6 Å². The summed E-state index contributed by atoms with van der Waals surface area (Å²) in [6, 6.07) is 2.24. The summed E-state index contributed by atoms with van der Waals surface area (Å²) in [7, 11) is 0. The van der Waals surface area contributed by atoms with E-state index in [4.69, 9.17) is 10.00 Å². The van der Waals surface area contributed by atoms with E-state index in [0.717, 1.165) is 6.54 Å². The van der Waals surface area contributed by atoms with Crippen molar-refractivity contribution in [1.82, 2.24) is 5.32 Å². The van der Waals surface area contributed by atoms with Gasteiger partial charge in [0.25, 0.3) is 0 Å². The van der Waals surface area contributed by atoms with Gasteiger partial charge in [0.2, 0.25) is 0 Å². The van der Waals surface area contributed by atoms with Gasteiger partial charge in [-0.2, -0.15) is 5.26 Å². The monoisotopic (exact) mass is 198 g/mol. The summed E-state index contributed by atoms with van der Waals surface area (Å²) in [6.45, 7) is 11.3. The van der Waals surface area contributed by atoms with Gasteiger partial charge >= 0.3 is 0 Å². The molecule has 1 N–H and O–H groups in total. The van der Waals surface area contributed by atoms with Crippen molar-refractivity contribution in [3.05, 3.63) is 0 Å². The zero-order chi connectivity index (χ0) is 11.2. The van der Waals surface area contributed by atoms with E-state index >= 15 is 0 Å². The van der Waals surface area contributed by atoms with E-state index in [1.165, 1.54) is 0 Å². The molecule has 0 amide bonds. The van der Waals surface area contributed by atoms with E-state index in [1.807, 2.05) is 20.8 Å². The largest absolute Gasteiger partial charge is 0.375 e. The number of nitriles is 1. The minimum atomic E-state index is -0.558. The second-order valence-electron chi connectivity index (χ2n) is 4.23. The van der Waals surface area contributed by atoms with Crippen molar-refractivity contribution in [3.63, 3.8) is 0 Å². The third-order valence-electron chi connectivity index (χ3n) is 2.39. The van der Waals surface area contributed by atoms with Crippen LogP contribution in [0.2, 0.25) is 0 Å². The minimum absolute atomic E-state index is 0.196. The first-order valence-electron chi connectivity index (χ1n) is 5.23. The number of rotatable bonds is 6. The van der Waals surface area contributed by atoms with E-state index in [2.05, 4.69) is 25.2 Å². The molecule has 0 aliphatic heterocycles. The Morgan fingerprint density at radius 1 is 1.43 bits per heavy atom. The molecule has 0 aromatic carbocycles. The molecule has 0 aliphatic carbocycles. The quantitative estimate of drug-likeness (QED) is 0.709. The second-order valence-corrected chi connectivity index (χ2v) is 4.23. The van der Waals surface area contributed by atoms with Crippen molar-refractivity contribution in [2.75, 3.05) is 13.2 Å². The highest BCUT2D eigenvalue weighted by Gasteiger charge is 2.24. The van der Waals surface area contributed by atoms with Gasteiger partial charge in [-0.1, -0.05) is 20.8 Å². The molecular formula is C11H22N2O. The first kappa shape index (κ1) is 13.4. The maximum Gasteiger partial charge on any atom is 0.127 e. The molecule has 3 nitrogen and oxygen atoms in total. The van der Waals surface area contributed by atoms with Gasteiger partial charge in [0.1, 0.15) is 5.54 Å². The Labute approximate surface area is 87.4 Å². The first-order chi connectivity index (χ1) is 6.45. The van der Waals surface area contributed by atoms with Crippen molar-refractivity contribution in [2.45, 2.75) is 46.3 Å². The van der Waals surface area contributed by atoms with Crippen LogP contribution in [0.5, 0.6) is 0 Å². The number of ether oxygens (including phenoxy) is 1. The second kappa shape index (κ2) is 6.00. The van der Waals surface area contributed by atoms with E-state index in [1.54, 1.807) is 0 Å². The van der Waals surface area contributed by atoms with Crippen molar-refractivity contribution >= 4 is 0 Å². The van der Waals surface area contributed by atoms with Crippen LogP contribution in [0.3, 0.4) is 0 Å². The van der Waals surface area contributed by atoms with Gasteiger partial charge < -0.3 is 4.74 Å². The normalized spacial score (nSPS) is 17.5. The predicted molar refractivity (Wildman–Crippen MR) is 57.9 cm³/mol. The summed E-state index contributed by atoms with van der Waals surface area (Å²) in [6.07, 6.45) is 0.196. The van der Waals surface area contributed by atoms with Crippen LogP contribution in [0.4, 0.5) is 0 Å². The molecule has 82 valence electrons. The lowest BCUT2D eigenvalue weighted by atomic mass is 10.1. The number of nitrogens with zero attached hydrogens (tertiary/aromatic N) is 1. The lowest BCUT2D eigenvalue weighted by Crippen LogP contribution is -2.46. The molecule has 0 heterocycles. The topological polar surface area (TPSA) is 45.0 Å². The zero-order valence-corrected chi connectivity index (χ0v) is 9.92.